The number of aryl methyl sites for hydroxylation is 8. The summed E-state index contributed by atoms with van der Waals surface area (Å²) in [5, 5.41) is 17.3. The maximum Gasteiger partial charge on any atom is 0.291 e. The normalized spacial score (nSPS) is 14.2. The number of hydrogen-bond donors (Lipinski definition) is 6. The Morgan fingerprint density at radius 2 is 0.577 bits per heavy atom. The summed E-state index contributed by atoms with van der Waals surface area (Å²) >= 11 is 0. The fraction of sp³-hybridized carbons (Fsp3) is 0.409. The molecule has 6 N–H and O–H groups in total. The summed E-state index contributed by atoms with van der Waals surface area (Å²) in [5.74, 6) is 4.40. The van der Waals surface area contributed by atoms with Crippen molar-refractivity contribution in [3.05, 3.63) is 287 Å². The molecule has 0 bridgehead atoms. The van der Waals surface area contributed by atoms with E-state index in [4.69, 9.17) is 60.3 Å². The number of fused-ring (bicyclic) bond motifs is 4. The van der Waals surface area contributed by atoms with E-state index in [-0.39, 0.29) is 75.0 Å². The van der Waals surface area contributed by atoms with E-state index in [1.807, 2.05) is 24.3 Å². The van der Waals surface area contributed by atoms with Gasteiger partial charge < -0.3 is 92.2 Å². The number of anilines is 6. The van der Waals surface area contributed by atoms with E-state index in [1.165, 1.54) is 209 Å². The molecule has 0 fully saturated rings. The molecule has 756 valence electrons. The average molecular weight is 1950 g/mol. The molecule has 4 amide bonds. The van der Waals surface area contributed by atoms with Crippen molar-refractivity contribution in [1.82, 2.24) is 0 Å². The third-order valence-electron chi connectivity index (χ3n) is 27.5. The maximum atomic E-state index is 13.7. The molecule has 4 heterocycles. The predicted octanol–water partition coefficient (Wildman–Crippen LogP) is 25.9. The molecule has 8 aromatic carbocycles. The highest BCUT2D eigenvalue weighted by Gasteiger charge is 2.35. The number of carbonyl (C=O) groups excluding carboxylic acids is 4. The molecular formula is C115H136F4N6O17. The van der Waals surface area contributed by atoms with Crippen molar-refractivity contribution in [2.24, 2.45) is 0 Å². The van der Waals surface area contributed by atoms with Crippen LogP contribution in [0.2, 0.25) is 0 Å². The topological polar surface area (TPSA) is 276 Å². The van der Waals surface area contributed by atoms with Gasteiger partial charge in [0.15, 0.2) is 23.0 Å². The van der Waals surface area contributed by atoms with Crippen molar-refractivity contribution in [1.29, 1.82) is 0 Å². The quantitative estimate of drug-likeness (QED) is 0.0161. The Bertz CT molecular complexity index is 6200. The van der Waals surface area contributed by atoms with E-state index in [2.05, 4.69) is 164 Å². The van der Waals surface area contributed by atoms with Gasteiger partial charge in [-0.25, -0.2) is 13.2 Å². The minimum absolute atomic E-state index is 0.0889. The van der Waals surface area contributed by atoms with Gasteiger partial charge in [0.1, 0.15) is 123 Å². The summed E-state index contributed by atoms with van der Waals surface area (Å²) in [6, 6.07) is 44.9. The van der Waals surface area contributed by atoms with E-state index < -0.39 is 49.5 Å². The lowest BCUT2D eigenvalue weighted by atomic mass is 9.71. The van der Waals surface area contributed by atoms with Gasteiger partial charge in [-0.2, -0.15) is 0 Å². The van der Waals surface area contributed by atoms with E-state index in [1.54, 1.807) is 60.7 Å². The molecule has 16 rings (SSSR count). The molecule has 4 aliphatic carbocycles. The summed E-state index contributed by atoms with van der Waals surface area (Å²) < 4.78 is 123. The van der Waals surface area contributed by atoms with Gasteiger partial charge in [0, 0.05) is 98.7 Å². The largest absolute Gasteiger partial charge is 0.494 e. The Morgan fingerprint density at radius 1 is 0.324 bits per heavy atom. The number of alkyl halides is 3. The fourth-order valence-electron chi connectivity index (χ4n) is 19.6. The number of halogens is 4. The molecule has 23 nitrogen and oxygen atoms in total. The second kappa shape index (κ2) is 46.8. The Balaban J connectivity index is 0.000000159. The van der Waals surface area contributed by atoms with E-state index >= 15 is 0 Å². The summed E-state index contributed by atoms with van der Waals surface area (Å²) in [4.78, 5) is 52.0. The first-order valence-corrected chi connectivity index (χ1v) is 48.6. The van der Waals surface area contributed by atoms with Crippen molar-refractivity contribution in [2.45, 2.75) is 214 Å². The number of rotatable bonds is 34. The van der Waals surface area contributed by atoms with Crippen LogP contribution in [-0.4, -0.2) is 120 Å². The number of furan rings is 4. The summed E-state index contributed by atoms with van der Waals surface area (Å²) in [6.45, 7) is 26.0. The van der Waals surface area contributed by atoms with Crippen LogP contribution >= 0.6 is 0 Å². The fourth-order valence-corrected chi connectivity index (χ4v) is 19.6. The van der Waals surface area contributed by atoms with Crippen LogP contribution < -0.4 is 74.5 Å². The van der Waals surface area contributed by atoms with Gasteiger partial charge in [0.25, 0.3) is 23.6 Å². The zero-order valence-corrected chi connectivity index (χ0v) is 85.6. The molecule has 27 heteroatoms. The highest BCUT2D eigenvalue weighted by atomic mass is 19.1. The zero-order chi connectivity index (χ0) is 102. The number of carbonyl (C=O) groups is 4. The van der Waals surface area contributed by atoms with Gasteiger partial charge in [-0.1, -0.05) is 104 Å². The second-order valence-corrected chi connectivity index (χ2v) is 39.3. The first-order valence-electron chi connectivity index (χ1n) is 48.6. The van der Waals surface area contributed by atoms with Gasteiger partial charge in [0.2, 0.25) is 0 Å². The number of benzene rings is 8. The molecule has 142 heavy (non-hydrogen) atoms. The molecule has 4 aliphatic rings. The highest BCUT2D eigenvalue weighted by molar-refractivity contribution is 6.07. The Kier molecular flexibility index (Phi) is 34.8. The van der Waals surface area contributed by atoms with Crippen LogP contribution in [0.5, 0.6) is 51.7 Å². The number of ether oxygens (including phenoxy) is 9. The van der Waals surface area contributed by atoms with Crippen LogP contribution in [0.1, 0.15) is 267 Å². The molecule has 12 aromatic rings. The van der Waals surface area contributed by atoms with Gasteiger partial charge in [-0.05, 0) is 270 Å². The number of hydrogen-bond acceptors (Lipinski definition) is 19. The van der Waals surface area contributed by atoms with Crippen LogP contribution in [0.3, 0.4) is 0 Å². The second-order valence-electron chi connectivity index (χ2n) is 39.3. The molecular weight excluding hydrogens is 1810 g/mol. The average Bonchev–Trinajstić information content (AvgIpc) is 1.20. The first-order chi connectivity index (χ1) is 68.0. The van der Waals surface area contributed by atoms with Crippen LogP contribution in [0.25, 0.3) is 0 Å². The van der Waals surface area contributed by atoms with Crippen molar-refractivity contribution in [3.8, 4) is 51.7 Å². The van der Waals surface area contributed by atoms with E-state index in [0.29, 0.717) is 119 Å². The molecule has 0 radical (unpaired) electrons. The van der Waals surface area contributed by atoms with Crippen molar-refractivity contribution >= 4 is 57.8 Å². The van der Waals surface area contributed by atoms with E-state index in [0.717, 1.165) is 37.2 Å². The van der Waals surface area contributed by atoms with Gasteiger partial charge in [0.05, 0.1) is 63.6 Å². The summed E-state index contributed by atoms with van der Waals surface area (Å²) in [5.41, 5.74) is 24.6. The van der Waals surface area contributed by atoms with Crippen molar-refractivity contribution in [3.63, 3.8) is 0 Å². The number of amides is 4. The minimum Gasteiger partial charge on any atom is -0.494 e. The van der Waals surface area contributed by atoms with Crippen molar-refractivity contribution in [2.75, 3.05) is 128 Å². The molecule has 0 spiro atoms. The minimum atomic E-state index is -0.618. The van der Waals surface area contributed by atoms with Crippen LogP contribution in [0.15, 0.2) is 163 Å². The lowest BCUT2D eigenvalue weighted by Crippen LogP contribution is -2.24. The maximum absolute atomic E-state index is 13.7. The Hall–Kier alpha value is -13.7. The monoisotopic (exact) mass is 1950 g/mol. The first kappa shape index (κ1) is 106. The van der Waals surface area contributed by atoms with Gasteiger partial charge in [-0.3, -0.25) is 23.6 Å². The number of nitrogens with one attached hydrogen (secondary N) is 6. The standard InChI is InChI=1S/C30H37FN2O4.C29H35FN2O4.C29H34FNO5.C27H30FNO4/c1-19-14-20-8-6-11-30(2,3)24(20)16-21(19)15-23-9-10-25(37-23)29(34)33-28-26(35-4)17-22(18-27(28)36-5)32-13-7-12-31;1-18-13-19-7-6-10-29(2,3)23(19)15-20(18)14-22-8-9-24(36-22)28(33)32-27-25(34-4)16-21(31-12-11-30)17-26(27)35-5;1-18-13-19-7-6-10-29(2,3)23(19)15-20(18)14-21-8-9-24(36-21)28(32)31-27-25(33-4)16-22(35-12-11-30)17-26(27)34-5;1-16-11-17-7-6-10-27(2,3)21(17)13-18(16)12-20-8-9-22(33-20)26(30)29-25-23(31-4)14-19(28)15-24(25)32-5/h9-10,14,16-18,32H,6-8,11-13,15H2,1-5H3,(H,33,34);8-9,13,15-17,31H,6-7,10-12,14H2,1-5H3,(H,32,33);8-9,13,15-17H,6-7,10-12,14H2,1-5H3,(H,31,32);8-9,11,13-15H,6-7,10,12H2,1-5H3,(H,29,30). The molecule has 4 aromatic heterocycles. The van der Waals surface area contributed by atoms with Gasteiger partial charge >= 0.3 is 0 Å². The third-order valence-corrected chi connectivity index (χ3v) is 27.5. The van der Waals surface area contributed by atoms with Crippen molar-refractivity contribution < 1.29 is 97.0 Å². The summed E-state index contributed by atoms with van der Waals surface area (Å²) in [6.07, 6.45) is 17.0. The third kappa shape index (κ3) is 25.4. The summed E-state index contributed by atoms with van der Waals surface area (Å²) in [7, 11) is 11.8. The molecule has 0 atom stereocenters. The predicted molar refractivity (Wildman–Crippen MR) is 550 cm³/mol. The highest BCUT2D eigenvalue weighted by Crippen LogP contribution is 2.48. The molecule has 0 aliphatic heterocycles. The SMILES string of the molecule is COc1cc(F)cc(OC)c1NC(=O)c1ccc(Cc2cc3c(cc2C)CCCC3(C)C)o1.COc1cc(NCCCF)cc(OC)c1NC(=O)c1ccc(Cc2cc3c(cc2C)CCCC3(C)C)o1.COc1cc(NCCF)cc(OC)c1NC(=O)c1ccc(Cc2cc3c(cc2C)CCCC3(C)C)o1.COc1cc(OCCF)cc(OC)c1NC(=O)c1ccc(Cc2cc3c(cc2C)CCCC3(C)C)o1. The zero-order valence-electron chi connectivity index (χ0n) is 85.6. The van der Waals surface area contributed by atoms with E-state index in [9.17, 15) is 36.7 Å². The van der Waals surface area contributed by atoms with Crippen LogP contribution in [0, 0.1) is 33.5 Å². The van der Waals surface area contributed by atoms with Crippen LogP contribution in [-0.2, 0) is 73.0 Å². The Morgan fingerprint density at radius 3 is 0.824 bits per heavy atom. The smallest absolute Gasteiger partial charge is 0.291 e. The van der Waals surface area contributed by atoms with Gasteiger partial charge in [-0.15, -0.1) is 0 Å². The number of methoxy groups -OCH3 is 8. The lowest BCUT2D eigenvalue weighted by molar-refractivity contribution is 0.0987. The molecule has 0 saturated carbocycles. The molecule has 0 unspecified atom stereocenters. The lowest BCUT2D eigenvalue weighted by Gasteiger charge is -2.33. The molecule has 0 saturated heterocycles. The Labute approximate surface area is 830 Å². The van der Waals surface area contributed by atoms with Crippen LogP contribution in [0.4, 0.5) is 51.7 Å².